The number of halogens is 2. The summed E-state index contributed by atoms with van der Waals surface area (Å²) < 4.78 is 5.81. The molecule has 0 spiro atoms. The monoisotopic (exact) mass is 472 g/mol. The van der Waals surface area contributed by atoms with E-state index in [1.807, 2.05) is 6.92 Å². The number of nitrogens with one attached hydrogen (secondary N) is 1. The Bertz CT molecular complexity index is 1280. The summed E-state index contributed by atoms with van der Waals surface area (Å²) in [5.74, 6) is -0.281. The number of furan rings is 1. The second-order valence-corrected chi connectivity index (χ2v) is 8.46. The molecule has 31 heavy (non-hydrogen) atoms. The van der Waals surface area contributed by atoms with E-state index in [1.54, 1.807) is 42.5 Å². The number of carboxylic acid groups (broad SMARTS) is 1. The maximum Gasteiger partial charge on any atom is 0.335 e. The lowest BCUT2D eigenvalue weighted by molar-refractivity contribution is -0.115. The quantitative estimate of drug-likeness (QED) is 0.444. The number of rotatable bonds is 4. The van der Waals surface area contributed by atoms with E-state index in [1.165, 1.54) is 12.1 Å². The molecule has 2 aromatic carbocycles. The van der Waals surface area contributed by atoms with Crippen molar-refractivity contribution in [3.05, 3.63) is 80.4 Å². The van der Waals surface area contributed by atoms with Crippen LogP contribution in [0.4, 0.5) is 5.69 Å². The van der Waals surface area contributed by atoms with Gasteiger partial charge in [0.2, 0.25) is 0 Å². The molecule has 1 fully saturated rings. The van der Waals surface area contributed by atoms with E-state index in [4.69, 9.17) is 32.7 Å². The molecule has 1 saturated heterocycles. The van der Waals surface area contributed by atoms with Gasteiger partial charge in [-0.25, -0.2) is 9.79 Å². The van der Waals surface area contributed by atoms with Crippen molar-refractivity contribution >= 4 is 63.8 Å². The Balaban J connectivity index is 1.57. The van der Waals surface area contributed by atoms with Crippen LogP contribution in [0.25, 0.3) is 17.4 Å². The highest BCUT2D eigenvalue weighted by molar-refractivity contribution is 8.18. The van der Waals surface area contributed by atoms with E-state index in [0.29, 0.717) is 37.3 Å². The number of aryl methyl sites for hydroxylation is 1. The molecule has 156 valence electrons. The molecule has 0 radical (unpaired) electrons. The van der Waals surface area contributed by atoms with Crippen LogP contribution in [-0.4, -0.2) is 22.2 Å². The summed E-state index contributed by atoms with van der Waals surface area (Å²) in [5.41, 5.74) is 2.16. The Hall–Kier alpha value is -3.00. The van der Waals surface area contributed by atoms with Crippen LogP contribution in [0.2, 0.25) is 10.0 Å². The lowest BCUT2D eigenvalue weighted by Crippen LogP contribution is -2.19. The van der Waals surface area contributed by atoms with Crippen LogP contribution >= 0.6 is 35.0 Å². The molecular formula is C22H14Cl2N2O4S. The normalized spacial score (nSPS) is 16.2. The van der Waals surface area contributed by atoms with Gasteiger partial charge in [0.05, 0.1) is 26.2 Å². The largest absolute Gasteiger partial charge is 0.478 e. The molecule has 6 nitrogen and oxygen atoms in total. The van der Waals surface area contributed by atoms with Gasteiger partial charge in [-0.2, -0.15) is 0 Å². The minimum Gasteiger partial charge on any atom is -0.478 e. The van der Waals surface area contributed by atoms with E-state index in [-0.39, 0.29) is 11.5 Å². The fourth-order valence-electron chi connectivity index (χ4n) is 2.82. The van der Waals surface area contributed by atoms with Crippen molar-refractivity contribution in [3.8, 4) is 11.3 Å². The SMILES string of the molecule is Cc1ccc(C(=O)O)cc1N=C1NC(=O)C(=Cc2ccc(-c3ccc(Cl)c(Cl)c3)o2)S1. The first-order chi connectivity index (χ1) is 14.8. The summed E-state index contributed by atoms with van der Waals surface area (Å²) in [6.07, 6.45) is 1.62. The van der Waals surface area contributed by atoms with Crippen LogP contribution in [0, 0.1) is 6.92 Å². The summed E-state index contributed by atoms with van der Waals surface area (Å²) in [6, 6.07) is 13.4. The number of carboxylic acids is 1. The molecule has 1 amide bonds. The number of amidine groups is 1. The number of nitrogens with zero attached hydrogens (tertiary/aromatic N) is 1. The van der Waals surface area contributed by atoms with Crippen LogP contribution in [0.3, 0.4) is 0 Å². The first-order valence-corrected chi connectivity index (χ1v) is 10.6. The number of hydrogen-bond donors (Lipinski definition) is 2. The maximum absolute atomic E-state index is 12.3. The Morgan fingerprint density at radius 1 is 1.13 bits per heavy atom. The molecule has 0 atom stereocenters. The van der Waals surface area contributed by atoms with Crippen LogP contribution in [-0.2, 0) is 4.79 Å². The number of benzene rings is 2. The van der Waals surface area contributed by atoms with Crippen molar-refractivity contribution in [2.24, 2.45) is 4.99 Å². The number of aliphatic imine (C=N–C) groups is 1. The molecule has 3 aromatic rings. The Morgan fingerprint density at radius 3 is 2.68 bits per heavy atom. The predicted octanol–water partition coefficient (Wildman–Crippen LogP) is 6.15. The van der Waals surface area contributed by atoms with E-state index in [0.717, 1.165) is 22.9 Å². The van der Waals surface area contributed by atoms with Crippen LogP contribution in [0.5, 0.6) is 0 Å². The second-order valence-electron chi connectivity index (χ2n) is 6.62. The zero-order chi connectivity index (χ0) is 22.1. The Kier molecular flexibility index (Phi) is 5.91. The van der Waals surface area contributed by atoms with Crippen LogP contribution in [0.1, 0.15) is 21.7 Å². The minimum absolute atomic E-state index is 0.125. The predicted molar refractivity (Wildman–Crippen MR) is 123 cm³/mol. The molecule has 2 N–H and O–H groups in total. The average molecular weight is 473 g/mol. The first-order valence-electron chi connectivity index (χ1n) is 8.99. The number of carbonyl (C=O) groups excluding carboxylic acids is 1. The summed E-state index contributed by atoms with van der Waals surface area (Å²) in [5, 5.41) is 13.1. The topological polar surface area (TPSA) is 91.9 Å². The summed E-state index contributed by atoms with van der Waals surface area (Å²) in [6.45, 7) is 1.82. The minimum atomic E-state index is -1.04. The van der Waals surface area contributed by atoms with Crippen LogP contribution < -0.4 is 5.32 Å². The zero-order valence-corrected chi connectivity index (χ0v) is 18.3. The maximum atomic E-state index is 12.3. The molecule has 0 unspecified atom stereocenters. The number of aromatic carboxylic acids is 1. The standard InChI is InChI=1S/C22H14Cl2N2O4S/c1-11-2-3-13(21(28)29)9-17(11)25-22-26-20(27)19(31-22)10-14-5-7-18(30-14)12-4-6-15(23)16(24)8-12/h2-10H,1H3,(H,28,29)(H,25,26,27). The van der Waals surface area contributed by atoms with Gasteiger partial charge in [0.1, 0.15) is 11.5 Å². The molecule has 0 saturated carbocycles. The second kappa shape index (κ2) is 8.63. The first kappa shape index (κ1) is 21.2. The van der Waals surface area contributed by atoms with Gasteiger partial charge in [-0.3, -0.25) is 4.79 Å². The van der Waals surface area contributed by atoms with Gasteiger partial charge >= 0.3 is 5.97 Å². The van der Waals surface area contributed by atoms with Gasteiger partial charge in [0.25, 0.3) is 5.91 Å². The molecule has 4 rings (SSSR count). The Labute approximate surface area is 191 Å². The van der Waals surface area contributed by atoms with E-state index < -0.39 is 5.97 Å². The van der Waals surface area contributed by atoms with Crippen molar-refractivity contribution in [1.29, 1.82) is 0 Å². The molecule has 1 aromatic heterocycles. The van der Waals surface area contributed by atoms with Gasteiger partial charge < -0.3 is 14.8 Å². The Morgan fingerprint density at radius 2 is 1.94 bits per heavy atom. The van der Waals surface area contributed by atoms with Crippen molar-refractivity contribution in [3.63, 3.8) is 0 Å². The number of thioether (sulfide) groups is 1. The van der Waals surface area contributed by atoms with E-state index in [2.05, 4.69) is 10.3 Å². The number of hydrogen-bond acceptors (Lipinski definition) is 5. The fourth-order valence-corrected chi connectivity index (χ4v) is 3.93. The zero-order valence-electron chi connectivity index (χ0n) is 16.0. The molecule has 0 aliphatic carbocycles. The van der Waals surface area contributed by atoms with Crippen molar-refractivity contribution in [1.82, 2.24) is 5.32 Å². The van der Waals surface area contributed by atoms with Crippen LogP contribution in [0.15, 0.2) is 62.8 Å². The molecule has 2 heterocycles. The number of carbonyl (C=O) groups is 2. The van der Waals surface area contributed by atoms with Gasteiger partial charge in [-0.05, 0) is 66.7 Å². The fraction of sp³-hybridized carbons (Fsp3) is 0.0455. The van der Waals surface area contributed by atoms with E-state index >= 15 is 0 Å². The lowest BCUT2D eigenvalue weighted by atomic mass is 10.1. The third kappa shape index (κ3) is 4.69. The third-order valence-corrected chi connectivity index (χ3v) is 6.08. The smallest absolute Gasteiger partial charge is 0.335 e. The van der Waals surface area contributed by atoms with Gasteiger partial charge in [0, 0.05) is 11.6 Å². The molecular weight excluding hydrogens is 459 g/mol. The lowest BCUT2D eigenvalue weighted by Gasteiger charge is -2.03. The summed E-state index contributed by atoms with van der Waals surface area (Å²) in [4.78, 5) is 28.3. The van der Waals surface area contributed by atoms with Crippen molar-refractivity contribution in [2.45, 2.75) is 6.92 Å². The van der Waals surface area contributed by atoms with Crippen molar-refractivity contribution in [2.75, 3.05) is 0 Å². The number of amides is 1. The highest BCUT2D eigenvalue weighted by Gasteiger charge is 2.24. The highest BCUT2D eigenvalue weighted by atomic mass is 35.5. The summed E-state index contributed by atoms with van der Waals surface area (Å²) >= 11 is 13.2. The van der Waals surface area contributed by atoms with Crippen molar-refractivity contribution < 1.29 is 19.1 Å². The molecule has 1 aliphatic heterocycles. The van der Waals surface area contributed by atoms with Gasteiger partial charge in [0.15, 0.2) is 5.17 Å². The third-order valence-electron chi connectivity index (χ3n) is 4.43. The average Bonchev–Trinajstić information content (AvgIpc) is 3.32. The van der Waals surface area contributed by atoms with Gasteiger partial charge in [-0.1, -0.05) is 29.3 Å². The molecule has 1 aliphatic rings. The van der Waals surface area contributed by atoms with Gasteiger partial charge in [-0.15, -0.1) is 0 Å². The highest BCUT2D eigenvalue weighted by Crippen LogP contribution is 2.32. The molecule has 0 bridgehead atoms. The summed E-state index contributed by atoms with van der Waals surface area (Å²) in [7, 11) is 0. The van der Waals surface area contributed by atoms with E-state index in [9.17, 15) is 9.59 Å². The molecule has 9 heteroatoms.